The summed E-state index contributed by atoms with van der Waals surface area (Å²) in [6.45, 7) is 2.75. The van der Waals surface area contributed by atoms with Crippen molar-refractivity contribution in [1.29, 1.82) is 0 Å². The zero-order chi connectivity index (χ0) is 23.2. The van der Waals surface area contributed by atoms with Crippen molar-refractivity contribution in [3.8, 4) is 0 Å². The van der Waals surface area contributed by atoms with Crippen LogP contribution in [0.2, 0.25) is 5.02 Å². The zero-order valence-electron chi connectivity index (χ0n) is 18.1. The number of carbonyl (C=O) groups is 2. The third-order valence-electron chi connectivity index (χ3n) is 5.68. The molecule has 8 heteroatoms. The van der Waals surface area contributed by atoms with Gasteiger partial charge in [-0.1, -0.05) is 41.9 Å². The Labute approximate surface area is 197 Å². The van der Waals surface area contributed by atoms with Crippen molar-refractivity contribution in [2.45, 2.75) is 6.54 Å². The van der Waals surface area contributed by atoms with Crippen LogP contribution in [0.15, 0.2) is 77.7 Å². The average Bonchev–Trinajstić information content (AvgIpc) is 2.85. The summed E-state index contributed by atoms with van der Waals surface area (Å²) < 4.78 is 1.49. The quantitative estimate of drug-likeness (QED) is 0.608. The SMILES string of the molecule is O=C(NCC(=O)N1CCN(c2ccc(Cl)cc2)CC1)c1cccn(Cc2ccccc2)c1=O. The molecule has 170 valence electrons. The molecule has 0 radical (unpaired) electrons. The van der Waals surface area contributed by atoms with Gasteiger partial charge in [-0.3, -0.25) is 14.4 Å². The van der Waals surface area contributed by atoms with E-state index in [0.717, 1.165) is 11.3 Å². The third-order valence-corrected chi connectivity index (χ3v) is 5.94. The van der Waals surface area contributed by atoms with Crippen LogP contribution in [0.25, 0.3) is 0 Å². The molecule has 1 aliphatic heterocycles. The number of aromatic nitrogens is 1. The molecule has 1 N–H and O–H groups in total. The minimum atomic E-state index is -0.546. The molecule has 2 aromatic carbocycles. The largest absolute Gasteiger partial charge is 0.368 e. The first-order chi connectivity index (χ1) is 16.0. The number of benzene rings is 2. The summed E-state index contributed by atoms with van der Waals surface area (Å²) in [5, 5.41) is 3.29. The molecule has 2 amide bonds. The van der Waals surface area contributed by atoms with E-state index in [0.29, 0.717) is 37.7 Å². The molecule has 0 unspecified atom stereocenters. The molecule has 33 heavy (non-hydrogen) atoms. The average molecular weight is 465 g/mol. The fraction of sp³-hybridized carbons (Fsp3) is 0.240. The molecule has 0 saturated carbocycles. The van der Waals surface area contributed by atoms with Gasteiger partial charge >= 0.3 is 0 Å². The standard InChI is InChI=1S/C25H25ClN4O3/c26-20-8-10-21(11-9-20)28-13-15-29(16-14-28)23(31)17-27-24(32)22-7-4-12-30(25(22)33)18-19-5-2-1-3-6-19/h1-12H,13-18H2,(H,27,32). The molecular formula is C25H25ClN4O3. The smallest absolute Gasteiger partial charge is 0.263 e. The van der Waals surface area contributed by atoms with Gasteiger partial charge in [-0.2, -0.15) is 0 Å². The Hall–Kier alpha value is -3.58. The van der Waals surface area contributed by atoms with E-state index in [1.165, 1.54) is 10.6 Å². The van der Waals surface area contributed by atoms with Gasteiger partial charge in [0.1, 0.15) is 5.56 Å². The summed E-state index contributed by atoms with van der Waals surface area (Å²) in [5.41, 5.74) is 1.66. The van der Waals surface area contributed by atoms with E-state index in [1.807, 2.05) is 54.6 Å². The number of hydrogen-bond acceptors (Lipinski definition) is 4. The number of halogens is 1. The summed E-state index contributed by atoms with van der Waals surface area (Å²) in [7, 11) is 0. The predicted molar refractivity (Wildman–Crippen MR) is 129 cm³/mol. The van der Waals surface area contributed by atoms with Crippen LogP contribution >= 0.6 is 11.6 Å². The first-order valence-electron chi connectivity index (χ1n) is 10.8. The Kier molecular flexibility index (Phi) is 7.10. The van der Waals surface area contributed by atoms with E-state index in [-0.39, 0.29) is 23.6 Å². The van der Waals surface area contributed by atoms with Crippen LogP contribution < -0.4 is 15.8 Å². The highest BCUT2D eigenvalue weighted by Gasteiger charge is 2.22. The molecule has 0 bridgehead atoms. The van der Waals surface area contributed by atoms with E-state index >= 15 is 0 Å². The summed E-state index contributed by atoms with van der Waals surface area (Å²) in [4.78, 5) is 41.9. The summed E-state index contributed by atoms with van der Waals surface area (Å²) in [5.74, 6) is -0.713. The van der Waals surface area contributed by atoms with Crippen LogP contribution in [0.1, 0.15) is 15.9 Å². The maximum absolute atomic E-state index is 12.7. The molecule has 1 aromatic heterocycles. The molecule has 0 aliphatic carbocycles. The van der Waals surface area contributed by atoms with Crippen molar-refractivity contribution in [3.05, 3.63) is 99.4 Å². The molecule has 1 aliphatic rings. The number of nitrogens with one attached hydrogen (secondary N) is 1. The van der Waals surface area contributed by atoms with Gasteiger partial charge in [0.05, 0.1) is 13.1 Å². The number of rotatable bonds is 6. The van der Waals surface area contributed by atoms with Crippen LogP contribution in [0.5, 0.6) is 0 Å². The molecule has 0 spiro atoms. The van der Waals surface area contributed by atoms with Gasteiger partial charge in [-0.05, 0) is 42.0 Å². The summed E-state index contributed by atoms with van der Waals surface area (Å²) in [6.07, 6.45) is 1.65. The maximum atomic E-state index is 12.7. The van der Waals surface area contributed by atoms with Gasteiger partial charge in [-0.25, -0.2) is 0 Å². The number of anilines is 1. The Bertz CT molecular complexity index is 1170. The first-order valence-corrected chi connectivity index (χ1v) is 11.2. The number of hydrogen-bond donors (Lipinski definition) is 1. The molecule has 4 rings (SSSR count). The zero-order valence-corrected chi connectivity index (χ0v) is 18.9. The highest BCUT2D eigenvalue weighted by Crippen LogP contribution is 2.19. The molecular weight excluding hydrogens is 440 g/mol. The van der Waals surface area contributed by atoms with E-state index in [1.54, 1.807) is 17.2 Å². The lowest BCUT2D eigenvalue weighted by atomic mass is 10.2. The second-order valence-corrected chi connectivity index (χ2v) is 8.30. The highest BCUT2D eigenvalue weighted by molar-refractivity contribution is 6.30. The van der Waals surface area contributed by atoms with Crippen molar-refractivity contribution < 1.29 is 9.59 Å². The van der Waals surface area contributed by atoms with Crippen molar-refractivity contribution in [3.63, 3.8) is 0 Å². The fourth-order valence-corrected chi connectivity index (χ4v) is 3.97. The molecule has 3 aromatic rings. The van der Waals surface area contributed by atoms with E-state index in [9.17, 15) is 14.4 Å². The van der Waals surface area contributed by atoms with Crippen molar-refractivity contribution in [2.24, 2.45) is 0 Å². The van der Waals surface area contributed by atoms with Crippen molar-refractivity contribution >= 4 is 29.1 Å². The Balaban J connectivity index is 1.31. The second kappa shape index (κ2) is 10.4. The summed E-state index contributed by atoms with van der Waals surface area (Å²) in [6, 6.07) is 20.3. The molecule has 0 atom stereocenters. The fourth-order valence-electron chi connectivity index (χ4n) is 3.84. The van der Waals surface area contributed by atoms with Gasteiger partial charge < -0.3 is 19.7 Å². The van der Waals surface area contributed by atoms with Crippen molar-refractivity contribution in [2.75, 3.05) is 37.6 Å². The van der Waals surface area contributed by atoms with Crippen molar-refractivity contribution in [1.82, 2.24) is 14.8 Å². The summed E-state index contributed by atoms with van der Waals surface area (Å²) >= 11 is 5.95. The van der Waals surface area contributed by atoms with Crippen LogP contribution in [0.3, 0.4) is 0 Å². The number of nitrogens with zero attached hydrogens (tertiary/aromatic N) is 3. The van der Waals surface area contributed by atoms with Crippen LogP contribution in [0, 0.1) is 0 Å². The number of amides is 2. The van der Waals surface area contributed by atoms with Gasteiger partial charge in [0.2, 0.25) is 5.91 Å². The topological polar surface area (TPSA) is 74.7 Å². The Morgan fingerprint density at radius 3 is 2.27 bits per heavy atom. The van der Waals surface area contributed by atoms with Crippen LogP contribution in [-0.4, -0.2) is 54.0 Å². The molecule has 1 fully saturated rings. The normalized spacial score (nSPS) is 13.6. The number of pyridine rings is 1. The van der Waals surface area contributed by atoms with Crippen LogP contribution in [0.4, 0.5) is 5.69 Å². The predicted octanol–water partition coefficient (Wildman–Crippen LogP) is 2.63. The van der Waals surface area contributed by atoms with E-state index in [4.69, 9.17) is 11.6 Å². The van der Waals surface area contributed by atoms with Gasteiger partial charge in [0, 0.05) is 43.1 Å². The Morgan fingerprint density at radius 1 is 0.879 bits per heavy atom. The van der Waals surface area contributed by atoms with Crippen LogP contribution in [-0.2, 0) is 11.3 Å². The van der Waals surface area contributed by atoms with Gasteiger partial charge in [0.25, 0.3) is 11.5 Å². The second-order valence-electron chi connectivity index (χ2n) is 7.87. The van der Waals surface area contributed by atoms with E-state index in [2.05, 4.69) is 10.2 Å². The third kappa shape index (κ3) is 5.62. The van der Waals surface area contributed by atoms with E-state index < -0.39 is 5.91 Å². The lowest BCUT2D eigenvalue weighted by Gasteiger charge is -2.36. The first kappa shape index (κ1) is 22.6. The molecule has 7 nitrogen and oxygen atoms in total. The lowest BCUT2D eigenvalue weighted by Crippen LogP contribution is -2.51. The monoisotopic (exact) mass is 464 g/mol. The lowest BCUT2D eigenvalue weighted by molar-refractivity contribution is -0.130. The minimum absolute atomic E-state index is 0.0220. The van der Waals surface area contributed by atoms with Gasteiger partial charge in [-0.15, -0.1) is 0 Å². The van der Waals surface area contributed by atoms with Gasteiger partial charge in [0.15, 0.2) is 0 Å². The number of carbonyl (C=O) groups excluding carboxylic acids is 2. The Morgan fingerprint density at radius 2 is 1.58 bits per heavy atom. The highest BCUT2D eigenvalue weighted by atomic mass is 35.5. The minimum Gasteiger partial charge on any atom is -0.368 e. The number of piperazine rings is 1. The maximum Gasteiger partial charge on any atom is 0.263 e. The molecule has 2 heterocycles. The molecule has 1 saturated heterocycles.